The third-order valence-electron chi connectivity index (χ3n) is 4.44. The molecule has 0 atom stereocenters. The second-order valence-corrected chi connectivity index (χ2v) is 8.15. The van der Waals surface area contributed by atoms with E-state index in [0.717, 1.165) is 54.7 Å². The lowest BCUT2D eigenvalue weighted by Gasteiger charge is -2.31. The summed E-state index contributed by atoms with van der Waals surface area (Å²) in [7, 11) is 0. The average molecular weight is 357 g/mol. The number of hydrogen-bond donors (Lipinski definition) is 0. The van der Waals surface area contributed by atoms with Crippen LogP contribution in [0.5, 0.6) is 0 Å². The van der Waals surface area contributed by atoms with Gasteiger partial charge in [0.2, 0.25) is 0 Å². The predicted octanol–water partition coefficient (Wildman–Crippen LogP) is 4.35. The molecule has 0 unspecified atom stereocenters. The van der Waals surface area contributed by atoms with Crippen LogP contribution < -0.4 is 0 Å². The van der Waals surface area contributed by atoms with Gasteiger partial charge in [-0.15, -0.1) is 22.7 Å². The normalized spacial score (nSPS) is 16.5. The molecule has 0 N–H and O–H groups in total. The summed E-state index contributed by atoms with van der Waals surface area (Å²) in [4.78, 5) is 17.9. The maximum absolute atomic E-state index is 4.82. The molecular formula is C18H20N4S2. The molecule has 3 aromatic heterocycles. The Morgan fingerprint density at radius 2 is 2.04 bits per heavy atom. The second-order valence-electron chi connectivity index (χ2n) is 6.22. The van der Waals surface area contributed by atoms with Gasteiger partial charge in [0.05, 0.1) is 0 Å². The summed E-state index contributed by atoms with van der Waals surface area (Å²) >= 11 is 3.48. The Hall–Kier alpha value is -1.63. The second kappa shape index (κ2) is 7.09. The first-order valence-corrected chi connectivity index (χ1v) is 10.0. The lowest BCUT2D eigenvalue weighted by Crippen LogP contribution is -2.32. The quantitative estimate of drug-likeness (QED) is 0.697. The molecule has 0 aliphatic carbocycles. The van der Waals surface area contributed by atoms with Gasteiger partial charge >= 0.3 is 0 Å². The minimum atomic E-state index is 0.461. The molecule has 6 heteroatoms. The molecule has 1 saturated heterocycles. The van der Waals surface area contributed by atoms with Gasteiger partial charge in [0.15, 0.2) is 0 Å². The molecule has 0 saturated carbocycles. The zero-order valence-electron chi connectivity index (χ0n) is 13.7. The Balaban J connectivity index is 1.45. The predicted molar refractivity (Wildman–Crippen MR) is 99.4 cm³/mol. The first-order chi connectivity index (χ1) is 11.8. The summed E-state index contributed by atoms with van der Waals surface area (Å²) in [6, 6.07) is 6.39. The lowest BCUT2D eigenvalue weighted by atomic mass is 9.95. The van der Waals surface area contributed by atoms with Crippen molar-refractivity contribution < 1.29 is 0 Å². The molecule has 0 amide bonds. The highest BCUT2D eigenvalue weighted by molar-refractivity contribution is 7.13. The van der Waals surface area contributed by atoms with Gasteiger partial charge in [-0.1, -0.05) is 6.07 Å². The molecule has 4 heterocycles. The first-order valence-electron chi connectivity index (χ1n) is 8.28. The molecule has 0 spiro atoms. The van der Waals surface area contributed by atoms with Crippen LogP contribution in [-0.2, 0) is 6.54 Å². The largest absolute Gasteiger partial charge is 0.298 e. The molecule has 24 heavy (non-hydrogen) atoms. The molecule has 1 fully saturated rings. The van der Waals surface area contributed by atoms with Crippen LogP contribution in [0.3, 0.4) is 0 Å². The number of thiophene rings is 1. The number of aromatic nitrogens is 3. The summed E-state index contributed by atoms with van der Waals surface area (Å²) in [5.41, 5.74) is 2.00. The molecule has 4 nitrogen and oxygen atoms in total. The van der Waals surface area contributed by atoms with Crippen LogP contribution in [-0.4, -0.2) is 32.9 Å². The van der Waals surface area contributed by atoms with E-state index in [1.165, 1.54) is 4.88 Å². The molecule has 0 radical (unpaired) electrons. The lowest BCUT2D eigenvalue weighted by molar-refractivity contribution is 0.203. The van der Waals surface area contributed by atoms with Crippen LogP contribution in [0.15, 0.2) is 35.2 Å². The van der Waals surface area contributed by atoms with Crippen LogP contribution >= 0.6 is 22.7 Å². The van der Waals surface area contributed by atoms with E-state index in [1.807, 2.05) is 35.9 Å². The monoisotopic (exact) mass is 356 g/mol. The van der Waals surface area contributed by atoms with E-state index in [-0.39, 0.29) is 0 Å². The standard InChI is InChI=1S/C18H20N4S2/c1-13-11-16(18-19-6-10-24-18)21-17(20-13)14-4-7-22(8-5-14)12-15-3-2-9-23-15/h2-3,6,9-11,14H,4-5,7-8,12H2,1H3. The van der Waals surface area contributed by atoms with Crippen LogP contribution in [0.4, 0.5) is 0 Å². The molecule has 0 aromatic carbocycles. The minimum Gasteiger partial charge on any atom is -0.298 e. The number of piperidine rings is 1. The van der Waals surface area contributed by atoms with Gasteiger partial charge in [-0.2, -0.15) is 0 Å². The van der Waals surface area contributed by atoms with E-state index in [9.17, 15) is 0 Å². The Morgan fingerprint density at radius 1 is 1.17 bits per heavy atom. The molecule has 1 aliphatic rings. The summed E-state index contributed by atoms with van der Waals surface area (Å²) in [5.74, 6) is 1.46. The van der Waals surface area contributed by atoms with Crippen molar-refractivity contribution in [3.8, 4) is 10.7 Å². The van der Waals surface area contributed by atoms with Crippen molar-refractivity contribution in [2.24, 2.45) is 0 Å². The van der Waals surface area contributed by atoms with E-state index in [2.05, 4.69) is 27.4 Å². The molecular weight excluding hydrogens is 336 g/mol. The van der Waals surface area contributed by atoms with E-state index in [1.54, 1.807) is 11.3 Å². The zero-order valence-corrected chi connectivity index (χ0v) is 15.3. The summed E-state index contributed by atoms with van der Waals surface area (Å²) in [6.07, 6.45) is 4.10. The number of aryl methyl sites for hydroxylation is 1. The van der Waals surface area contributed by atoms with E-state index in [4.69, 9.17) is 9.97 Å². The van der Waals surface area contributed by atoms with Crippen LogP contribution in [0.2, 0.25) is 0 Å². The average Bonchev–Trinajstić information content (AvgIpc) is 3.29. The highest BCUT2D eigenvalue weighted by atomic mass is 32.1. The Bertz CT molecular complexity index is 775. The topological polar surface area (TPSA) is 41.9 Å². The zero-order chi connectivity index (χ0) is 16.4. The van der Waals surface area contributed by atoms with Crippen molar-refractivity contribution in [1.82, 2.24) is 19.9 Å². The first kappa shape index (κ1) is 15.9. The van der Waals surface area contributed by atoms with Crippen molar-refractivity contribution in [3.63, 3.8) is 0 Å². The number of thiazole rings is 1. The van der Waals surface area contributed by atoms with Crippen LogP contribution in [0, 0.1) is 6.92 Å². The smallest absolute Gasteiger partial charge is 0.141 e. The molecule has 4 rings (SSSR count). The Kier molecular flexibility index (Phi) is 4.69. The maximum atomic E-state index is 4.82. The van der Waals surface area contributed by atoms with E-state index >= 15 is 0 Å². The fourth-order valence-electron chi connectivity index (χ4n) is 3.21. The fraction of sp³-hybridized carbons (Fsp3) is 0.389. The molecule has 3 aromatic rings. The highest BCUT2D eigenvalue weighted by Gasteiger charge is 2.23. The van der Waals surface area contributed by atoms with E-state index < -0.39 is 0 Å². The molecule has 1 aliphatic heterocycles. The van der Waals surface area contributed by atoms with Crippen LogP contribution in [0.25, 0.3) is 10.7 Å². The summed E-state index contributed by atoms with van der Waals surface area (Å²) in [5, 5.41) is 5.13. The van der Waals surface area contributed by atoms with E-state index in [0.29, 0.717) is 5.92 Å². The van der Waals surface area contributed by atoms with Crippen molar-refractivity contribution in [2.45, 2.75) is 32.2 Å². The minimum absolute atomic E-state index is 0.461. The van der Waals surface area contributed by atoms with Crippen molar-refractivity contribution in [1.29, 1.82) is 0 Å². The van der Waals surface area contributed by atoms with Gasteiger partial charge in [0.1, 0.15) is 16.5 Å². The third-order valence-corrected chi connectivity index (χ3v) is 6.09. The van der Waals surface area contributed by atoms with Crippen molar-refractivity contribution >= 4 is 22.7 Å². The van der Waals surface area contributed by atoms with Gasteiger partial charge in [-0.3, -0.25) is 4.90 Å². The number of hydrogen-bond acceptors (Lipinski definition) is 6. The van der Waals surface area contributed by atoms with Gasteiger partial charge in [0, 0.05) is 34.6 Å². The van der Waals surface area contributed by atoms with Gasteiger partial charge in [0.25, 0.3) is 0 Å². The molecule has 124 valence electrons. The number of likely N-dealkylation sites (tertiary alicyclic amines) is 1. The summed E-state index contributed by atoms with van der Waals surface area (Å²) < 4.78 is 0. The number of nitrogens with zero attached hydrogens (tertiary/aromatic N) is 4. The molecule has 0 bridgehead atoms. The SMILES string of the molecule is Cc1cc(-c2nccs2)nc(C2CCN(Cc3cccs3)CC2)n1. The highest BCUT2D eigenvalue weighted by Crippen LogP contribution is 2.29. The van der Waals surface area contributed by atoms with Crippen molar-refractivity contribution in [3.05, 3.63) is 51.6 Å². The summed E-state index contributed by atoms with van der Waals surface area (Å²) in [6.45, 7) is 5.36. The van der Waals surface area contributed by atoms with Crippen molar-refractivity contribution in [2.75, 3.05) is 13.1 Å². The fourth-order valence-corrected chi connectivity index (χ4v) is 4.55. The van der Waals surface area contributed by atoms with Crippen LogP contribution in [0.1, 0.15) is 35.2 Å². The Labute approximate surface area is 150 Å². The van der Waals surface area contributed by atoms with Gasteiger partial charge < -0.3 is 0 Å². The van der Waals surface area contributed by atoms with Gasteiger partial charge in [-0.25, -0.2) is 15.0 Å². The third kappa shape index (κ3) is 3.55. The number of rotatable bonds is 4. The Morgan fingerprint density at radius 3 is 2.75 bits per heavy atom. The van der Waals surface area contributed by atoms with Gasteiger partial charge in [-0.05, 0) is 50.4 Å². The maximum Gasteiger partial charge on any atom is 0.141 e.